The van der Waals surface area contributed by atoms with E-state index in [1.807, 2.05) is 16.0 Å². The third-order valence-corrected chi connectivity index (χ3v) is 18.4. The van der Waals surface area contributed by atoms with Gasteiger partial charge in [0.1, 0.15) is 46.0 Å². The molecule has 0 saturated heterocycles. The molecule has 0 radical (unpaired) electrons. The van der Waals surface area contributed by atoms with E-state index in [9.17, 15) is 103 Å². The molecule has 0 aromatic heterocycles. The second-order valence-corrected chi connectivity index (χ2v) is 25.5. The van der Waals surface area contributed by atoms with Gasteiger partial charge in [-0.15, -0.1) is 0 Å². The quantitative estimate of drug-likeness (QED) is 0.0155. The Hall–Kier alpha value is -12.2. The highest BCUT2D eigenvalue weighted by Gasteiger charge is 2.75. The van der Waals surface area contributed by atoms with Crippen molar-refractivity contribution in [3.8, 4) is 46.0 Å². The van der Waals surface area contributed by atoms with E-state index in [1.165, 1.54) is 27.7 Å². The number of alkyl halides is 18. The van der Waals surface area contributed by atoms with Crippen molar-refractivity contribution in [3.05, 3.63) is 238 Å². The van der Waals surface area contributed by atoms with E-state index in [4.69, 9.17) is 16.2 Å². The third kappa shape index (κ3) is 14.3. The molecule has 0 unspecified atom stereocenters. The number of anilines is 6. The summed E-state index contributed by atoms with van der Waals surface area (Å²) in [4.78, 5) is 55.2. The van der Waals surface area contributed by atoms with Crippen molar-refractivity contribution in [1.29, 1.82) is 0 Å². The zero-order valence-corrected chi connectivity index (χ0v) is 55.5. The molecule has 0 aliphatic heterocycles. The van der Waals surface area contributed by atoms with Crippen LogP contribution in [0.3, 0.4) is 0 Å². The van der Waals surface area contributed by atoms with Crippen LogP contribution in [0.5, 0.6) is 46.0 Å². The first-order chi connectivity index (χ1) is 49.8. The van der Waals surface area contributed by atoms with Gasteiger partial charge in [0.15, 0.2) is 5.78 Å². The number of hydrogen-bond donors (Lipinski definition) is 12. The summed E-state index contributed by atoms with van der Waals surface area (Å²) in [6.07, 6.45) is -37.4. The molecule has 0 fully saturated rings. The minimum atomic E-state index is -6.37. The first kappa shape index (κ1) is 79.9. The summed E-state index contributed by atoms with van der Waals surface area (Å²) in [5.74, 6) is -10.5. The molecular weight excluding hydrogens is 1480 g/mol. The number of phenols is 6. The number of Topliss-reactive ketones (excluding diaryl/α,β-unsaturated/α-hetero) is 1. The molecule has 9 aromatic rings. The third-order valence-electron chi connectivity index (χ3n) is 18.4. The Labute approximate surface area is 597 Å². The Morgan fingerprint density at radius 3 is 0.870 bits per heavy atom. The lowest BCUT2D eigenvalue weighted by atomic mass is 9.69. The normalized spacial score (nSPS) is 13.0. The van der Waals surface area contributed by atoms with Gasteiger partial charge < -0.3 is 68.1 Å². The SMILES string of the molecule is CC(C)(Nc1cc(C(c2ccc(O)c(NC(=O)c3ccc(Oc4ccc(C(=O)Nc5cc(C(c6ccc(O)c(N)c6)(C(F)(F)F)C(F)(F)F)ccc5O)cc4)cc3)c2)(C(F)(F)F)C(F)(F)F)ccc1O)C(C)(C)C(=O)c1cccc(C(=O)Nc2cc(C(c3ccc(O)c(N)c3)(C(F)(F)F)C(F)(F)F)ccc2O)c1. The van der Waals surface area contributed by atoms with E-state index in [-0.39, 0.29) is 82.8 Å². The molecule has 0 heterocycles. The number of ether oxygens (including phenoxy) is 1. The second kappa shape index (κ2) is 27.9. The molecule has 0 saturated carbocycles. The molecule has 0 aliphatic rings. The standard InChI is InChI=1S/C73H56F18N6O11/c1-63(2,59(104)37-6-5-7-38(28-37)62(107)96-51-32-42(15-25-57(51)102)66(70(80,81)82,71(83,84)85)40-13-23-54(99)48(93)30-40)64(3,4)97-52-34-44(17-27-58(52)103)67(72(86,87)88,73(89,90)91)43-16-26-56(101)50(33-43)95-61(106)36-10-20-46(21-11-36)108-45-18-8-35(9-19-45)60(105)94-49-31-41(14-24-55(49)100)65(68(74,75)76,69(77,78)79)39-12-22-53(98)47(92)29-39/h5-34,97-103H,92-93H2,1-4H3,(H,94,105)(H,95,106)(H,96,107). The summed E-state index contributed by atoms with van der Waals surface area (Å²) >= 11 is 0. The first-order valence-electron chi connectivity index (χ1n) is 30.9. The maximum atomic E-state index is 15.8. The fourth-order valence-electron chi connectivity index (χ4n) is 12.0. The Balaban J connectivity index is 0.914. The number of halogens is 18. The number of nitrogens with one attached hydrogen (secondary N) is 4. The number of carbonyl (C=O) groups excluding carboxylic acids is 4. The number of phenolic OH excluding ortho intramolecular Hbond substituents is 6. The van der Waals surface area contributed by atoms with Gasteiger partial charge >= 0.3 is 37.1 Å². The number of ketones is 1. The Morgan fingerprint density at radius 2 is 0.574 bits per heavy atom. The van der Waals surface area contributed by atoms with Crippen LogP contribution in [0.4, 0.5) is 113 Å². The van der Waals surface area contributed by atoms with Crippen molar-refractivity contribution in [1.82, 2.24) is 0 Å². The van der Waals surface area contributed by atoms with Gasteiger partial charge in [0, 0.05) is 27.8 Å². The zero-order valence-electron chi connectivity index (χ0n) is 55.5. The summed E-state index contributed by atoms with van der Waals surface area (Å²) in [7, 11) is 0. The summed E-state index contributed by atoms with van der Waals surface area (Å²) < 4.78 is 279. The molecular formula is C73H56F18N6O11. The minimum absolute atomic E-state index is 0.0620. The molecule has 0 atom stereocenters. The highest BCUT2D eigenvalue weighted by molar-refractivity contribution is 6.09. The maximum Gasteiger partial charge on any atom is 0.411 e. The van der Waals surface area contributed by atoms with Crippen LogP contribution in [-0.2, 0) is 16.2 Å². The lowest BCUT2D eigenvalue weighted by Crippen LogP contribution is -2.55. The molecule has 35 heteroatoms. The molecule has 0 spiro atoms. The van der Waals surface area contributed by atoms with Gasteiger partial charge in [-0.05, 0) is 181 Å². The van der Waals surface area contributed by atoms with E-state index < -0.39 is 195 Å². The number of nitrogens with two attached hydrogens (primary N) is 2. The van der Waals surface area contributed by atoms with Crippen LogP contribution in [-0.4, -0.2) is 96.7 Å². The molecule has 17 nitrogen and oxygen atoms in total. The van der Waals surface area contributed by atoms with Crippen molar-refractivity contribution in [2.24, 2.45) is 5.41 Å². The van der Waals surface area contributed by atoms with Gasteiger partial charge in [0.25, 0.3) is 17.7 Å². The second-order valence-electron chi connectivity index (χ2n) is 25.5. The van der Waals surface area contributed by atoms with Gasteiger partial charge in [0.05, 0.1) is 39.5 Å². The van der Waals surface area contributed by atoms with Gasteiger partial charge in [-0.3, -0.25) is 19.2 Å². The van der Waals surface area contributed by atoms with Crippen molar-refractivity contribution < 1.29 is 134 Å². The molecule has 0 aliphatic carbocycles. The molecule has 9 rings (SSSR count). The lowest BCUT2D eigenvalue weighted by Gasteiger charge is -2.42. The smallest absolute Gasteiger partial charge is 0.411 e. The zero-order chi connectivity index (χ0) is 80.4. The minimum Gasteiger partial charge on any atom is -0.506 e. The van der Waals surface area contributed by atoms with Crippen molar-refractivity contribution in [2.45, 2.75) is 86.5 Å². The number of amides is 3. The fraction of sp³-hybridized carbons (Fsp3) is 0.205. The molecule has 3 amide bonds. The maximum absolute atomic E-state index is 15.8. The first-order valence-corrected chi connectivity index (χ1v) is 30.9. The monoisotopic (exact) mass is 1530 g/mol. The number of nitrogen functional groups attached to an aromatic ring is 2. The molecule has 108 heavy (non-hydrogen) atoms. The van der Waals surface area contributed by atoms with E-state index >= 15 is 26.3 Å². The van der Waals surface area contributed by atoms with Crippen LogP contribution in [0.2, 0.25) is 0 Å². The van der Waals surface area contributed by atoms with Gasteiger partial charge in [0.2, 0.25) is 16.2 Å². The Morgan fingerprint density at radius 1 is 0.315 bits per heavy atom. The van der Waals surface area contributed by atoms with Crippen LogP contribution < -0.4 is 37.5 Å². The molecule has 9 aromatic carbocycles. The van der Waals surface area contributed by atoms with Gasteiger partial charge in [-0.25, -0.2) is 0 Å². The van der Waals surface area contributed by atoms with E-state index in [0.717, 1.165) is 72.8 Å². The van der Waals surface area contributed by atoms with Crippen LogP contribution in [0.1, 0.15) is 103 Å². The van der Waals surface area contributed by atoms with Crippen LogP contribution in [0.25, 0.3) is 0 Å². The van der Waals surface area contributed by atoms with E-state index in [1.54, 1.807) is 0 Å². The highest BCUT2D eigenvalue weighted by Crippen LogP contribution is 2.61. The average molecular weight is 1540 g/mol. The Bertz CT molecular complexity index is 4940. The van der Waals surface area contributed by atoms with Crippen molar-refractivity contribution in [3.63, 3.8) is 0 Å². The fourth-order valence-corrected chi connectivity index (χ4v) is 12.0. The van der Waals surface area contributed by atoms with E-state index in [2.05, 4.69) is 5.32 Å². The number of carbonyl (C=O) groups is 4. The van der Waals surface area contributed by atoms with Gasteiger partial charge in [-0.2, -0.15) is 79.0 Å². The topological polar surface area (TPSA) is 299 Å². The number of aromatic hydroxyl groups is 6. The largest absolute Gasteiger partial charge is 0.506 e. The number of hydrogen-bond acceptors (Lipinski definition) is 14. The van der Waals surface area contributed by atoms with Crippen LogP contribution in [0, 0.1) is 5.41 Å². The van der Waals surface area contributed by atoms with Crippen LogP contribution in [0.15, 0.2) is 182 Å². The predicted octanol–water partition coefficient (Wildman–Crippen LogP) is 18.0. The van der Waals surface area contributed by atoms with E-state index in [0.29, 0.717) is 54.6 Å². The summed E-state index contributed by atoms with van der Waals surface area (Å²) in [5.41, 5.74) is -24.0. The highest BCUT2D eigenvalue weighted by atomic mass is 19.4. The van der Waals surface area contributed by atoms with Gasteiger partial charge in [-0.1, -0.05) is 62.4 Å². The van der Waals surface area contributed by atoms with Crippen LogP contribution >= 0.6 is 0 Å². The summed E-state index contributed by atoms with van der Waals surface area (Å²) in [6.45, 7) is 4.92. The molecule has 570 valence electrons. The summed E-state index contributed by atoms with van der Waals surface area (Å²) in [5, 5.41) is 71.4. The predicted molar refractivity (Wildman–Crippen MR) is 355 cm³/mol. The number of rotatable bonds is 19. The Kier molecular flexibility index (Phi) is 20.7. The average Bonchev–Trinajstić information content (AvgIpc) is 0.723. The molecule has 0 bridgehead atoms. The lowest BCUT2D eigenvalue weighted by molar-refractivity contribution is -0.290. The van der Waals surface area contributed by atoms with Crippen molar-refractivity contribution in [2.75, 3.05) is 32.7 Å². The van der Waals surface area contributed by atoms with Crippen molar-refractivity contribution >= 4 is 57.6 Å². The summed E-state index contributed by atoms with van der Waals surface area (Å²) in [6, 6.07) is 18.9. The molecule has 14 N–H and O–H groups in total. The number of benzene rings is 9.